The molecule has 0 spiro atoms. The minimum Gasteiger partial charge on any atom is -0.356 e. The Bertz CT molecular complexity index is 941. The smallest absolute Gasteiger partial charge is 0.223 e. The lowest BCUT2D eigenvalue weighted by Crippen LogP contribution is -2.37. The fraction of sp³-hybridized carbons (Fsp3) is 0.375. The number of aromatic nitrogens is 1. The summed E-state index contributed by atoms with van der Waals surface area (Å²) in [6.07, 6.45) is 7.15. The number of nitrogens with zero attached hydrogens (tertiary/aromatic N) is 2. The quantitative estimate of drug-likeness (QED) is 0.875. The van der Waals surface area contributed by atoms with Crippen molar-refractivity contribution in [2.45, 2.75) is 20.3 Å². The molecule has 1 aromatic carbocycles. The van der Waals surface area contributed by atoms with Gasteiger partial charge in [0.15, 0.2) is 0 Å². The highest BCUT2D eigenvalue weighted by Gasteiger charge is 2.46. The summed E-state index contributed by atoms with van der Waals surface area (Å²) >= 11 is 0. The number of carbonyl (C=O) groups excluding carboxylic acids is 1. The molecule has 4 nitrogen and oxygen atoms in total. The van der Waals surface area contributed by atoms with E-state index in [9.17, 15) is 10.1 Å². The summed E-state index contributed by atoms with van der Waals surface area (Å²) in [7, 11) is 0. The molecule has 2 aromatic rings. The third-order valence-electron chi connectivity index (χ3n) is 6.62. The second kappa shape index (κ2) is 7.59. The summed E-state index contributed by atoms with van der Waals surface area (Å²) in [6.45, 7) is 5.34. The van der Waals surface area contributed by atoms with Gasteiger partial charge in [0, 0.05) is 29.8 Å². The highest BCUT2D eigenvalue weighted by Crippen LogP contribution is 2.45. The molecule has 1 aliphatic carbocycles. The summed E-state index contributed by atoms with van der Waals surface area (Å²) in [5.41, 5.74) is 3.40. The molecule has 4 heteroatoms. The van der Waals surface area contributed by atoms with Crippen molar-refractivity contribution in [3.05, 3.63) is 59.9 Å². The molecule has 0 unspecified atom stereocenters. The Kier molecular flexibility index (Phi) is 5.00. The molecule has 0 radical (unpaired) electrons. The van der Waals surface area contributed by atoms with Crippen LogP contribution in [0.15, 0.2) is 48.7 Å². The number of rotatable bonds is 3. The molecule has 1 saturated carbocycles. The van der Waals surface area contributed by atoms with Crippen molar-refractivity contribution in [1.82, 2.24) is 10.3 Å². The third kappa shape index (κ3) is 3.33. The molecule has 5 atom stereocenters. The Hall–Kier alpha value is -2.93. The Morgan fingerprint density at radius 2 is 2.04 bits per heavy atom. The molecular formula is C24H25N3O. The number of fused-ring (bicyclic) bond motifs is 1. The minimum absolute atomic E-state index is 0.152. The number of hydrogen-bond donors (Lipinski definition) is 1. The SMILES string of the molecule is C[C@H]1[C@H](C=Cc2ccc(-c3ccccc3C#N)cn2)[C@H]2CNC(=O)[C@H]2C[C@@H]1C. The van der Waals surface area contributed by atoms with Gasteiger partial charge >= 0.3 is 0 Å². The van der Waals surface area contributed by atoms with Crippen molar-refractivity contribution >= 4 is 12.0 Å². The molecule has 1 aliphatic heterocycles. The Labute approximate surface area is 166 Å². The largest absolute Gasteiger partial charge is 0.356 e. The Morgan fingerprint density at radius 1 is 1.21 bits per heavy atom. The van der Waals surface area contributed by atoms with Crippen LogP contribution in [0.1, 0.15) is 31.5 Å². The predicted molar refractivity (Wildman–Crippen MR) is 110 cm³/mol. The zero-order valence-corrected chi connectivity index (χ0v) is 16.3. The van der Waals surface area contributed by atoms with Crippen LogP contribution in [0.5, 0.6) is 0 Å². The number of nitrogens with one attached hydrogen (secondary N) is 1. The first-order valence-electron chi connectivity index (χ1n) is 10.00. The van der Waals surface area contributed by atoms with E-state index >= 15 is 0 Å². The van der Waals surface area contributed by atoms with Crippen molar-refractivity contribution in [1.29, 1.82) is 5.26 Å². The number of benzene rings is 1. The zero-order valence-electron chi connectivity index (χ0n) is 16.3. The molecular weight excluding hydrogens is 346 g/mol. The molecule has 1 amide bonds. The molecule has 2 heterocycles. The average molecular weight is 371 g/mol. The molecule has 0 bridgehead atoms. The van der Waals surface area contributed by atoms with Gasteiger partial charge < -0.3 is 5.32 Å². The van der Waals surface area contributed by atoms with Crippen LogP contribution in [0.3, 0.4) is 0 Å². The fourth-order valence-corrected chi connectivity index (χ4v) is 4.78. The van der Waals surface area contributed by atoms with E-state index in [4.69, 9.17) is 0 Å². The molecule has 1 aromatic heterocycles. The van der Waals surface area contributed by atoms with Crippen LogP contribution in [0.25, 0.3) is 17.2 Å². The van der Waals surface area contributed by atoms with Crippen molar-refractivity contribution in [3.8, 4) is 17.2 Å². The molecule has 4 rings (SSSR count). The molecule has 2 aliphatic rings. The number of pyridine rings is 1. The first-order valence-corrected chi connectivity index (χ1v) is 10.00. The maximum atomic E-state index is 12.1. The fourth-order valence-electron chi connectivity index (χ4n) is 4.78. The third-order valence-corrected chi connectivity index (χ3v) is 6.62. The van der Waals surface area contributed by atoms with Gasteiger partial charge in [-0.25, -0.2) is 0 Å². The van der Waals surface area contributed by atoms with Gasteiger partial charge in [0.1, 0.15) is 0 Å². The lowest BCUT2D eigenvalue weighted by atomic mass is 9.64. The van der Waals surface area contributed by atoms with Gasteiger partial charge in [-0.1, -0.05) is 44.2 Å². The van der Waals surface area contributed by atoms with Crippen LogP contribution in [0, 0.1) is 40.9 Å². The zero-order chi connectivity index (χ0) is 19.7. The van der Waals surface area contributed by atoms with Crippen molar-refractivity contribution < 1.29 is 4.79 Å². The number of amides is 1. The summed E-state index contributed by atoms with van der Waals surface area (Å²) in [5, 5.41) is 12.3. The van der Waals surface area contributed by atoms with Gasteiger partial charge in [-0.05, 0) is 48.3 Å². The standard InChI is InChI=1S/C24H25N3O/c1-15-11-22-23(14-27-24(22)28)20(16(15)2)10-9-19-8-7-18(13-26-19)21-6-4-3-5-17(21)12-25/h3-10,13,15-16,20,22-23H,11,14H2,1-2H3,(H,27,28)/t15-,16+,20-,22-,23+/m0/s1. The summed E-state index contributed by atoms with van der Waals surface area (Å²) in [5.74, 6) is 2.23. The van der Waals surface area contributed by atoms with Gasteiger partial charge in [-0.2, -0.15) is 5.26 Å². The van der Waals surface area contributed by atoms with E-state index in [0.29, 0.717) is 29.2 Å². The van der Waals surface area contributed by atoms with E-state index < -0.39 is 0 Å². The van der Waals surface area contributed by atoms with Crippen LogP contribution in [0.4, 0.5) is 0 Å². The van der Waals surface area contributed by atoms with Gasteiger partial charge in [0.25, 0.3) is 0 Å². The number of allylic oxidation sites excluding steroid dienone is 1. The van der Waals surface area contributed by atoms with Crippen LogP contribution in [-0.2, 0) is 4.79 Å². The topological polar surface area (TPSA) is 65.8 Å². The summed E-state index contributed by atoms with van der Waals surface area (Å²) in [6, 6.07) is 13.8. The Morgan fingerprint density at radius 3 is 2.79 bits per heavy atom. The average Bonchev–Trinajstić information content (AvgIpc) is 3.09. The minimum atomic E-state index is 0.152. The first-order chi connectivity index (χ1) is 13.6. The van der Waals surface area contributed by atoms with E-state index in [1.165, 1.54) is 0 Å². The maximum absolute atomic E-state index is 12.1. The molecule has 2 fully saturated rings. The van der Waals surface area contributed by atoms with Gasteiger partial charge in [-0.15, -0.1) is 0 Å². The van der Waals surface area contributed by atoms with Gasteiger partial charge in [0.05, 0.1) is 17.3 Å². The van der Waals surface area contributed by atoms with E-state index in [2.05, 4.69) is 42.4 Å². The summed E-state index contributed by atoms with van der Waals surface area (Å²) in [4.78, 5) is 16.7. The number of nitriles is 1. The number of hydrogen-bond acceptors (Lipinski definition) is 3. The Balaban J connectivity index is 1.55. The normalized spacial score (nSPS) is 29.3. The molecule has 28 heavy (non-hydrogen) atoms. The van der Waals surface area contributed by atoms with Crippen LogP contribution in [0.2, 0.25) is 0 Å². The molecule has 1 saturated heterocycles. The molecule has 142 valence electrons. The van der Waals surface area contributed by atoms with Gasteiger partial charge in [0.2, 0.25) is 5.91 Å². The van der Waals surface area contributed by atoms with Crippen LogP contribution in [-0.4, -0.2) is 17.4 Å². The second-order valence-corrected chi connectivity index (χ2v) is 8.15. The van der Waals surface area contributed by atoms with Crippen LogP contribution < -0.4 is 5.32 Å². The van der Waals surface area contributed by atoms with Crippen molar-refractivity contribution in [2.75, 3.05) is 6.54 Å². The van der Waals surface area contributed by atoms with E-state index in [1.807, 2.05) is 42.6 Å². The van der Waals surface area contributed by atoms with Crippen LogP contribution >= 0.6 is 0 Å². The van der Waals surface area contributed by atoms with E-state index in [1.54, 1.807) is 0 Å². The van der Waals surface area contributed by atoms with Crippen molar-refractivity contribution in [3.63, 3.8) is 0 Å². The van der Waals surface area contributed by atoms with E-state index in [0.717, 1.165) is 29.8 Å². The lowest BCUT2D eigenvalue weighted by molar-refractivity contribution is -0.124. The highest BCUT2D eigenvalue weighted by molar-refractivity contribution is 5.81. The van der Waals surface area contributed by atoms with Gasteiger partial charge in [-0.3, -0.25) is 9.78 Å². The monoisotopic (exact) mass is 371 g/mol. The predicted octanol–water partition coefficient (Wildman–Crippen LogP) is 4.29. The van der Waals surface area contributed by atoms with Crippen molar-refractivity contribution in [2.24, 2.45) is 29.6 Å². The highest BCUT2D eigenvalue weighted by atomic mass is 16.2. The maximum Gasteiger partial charge on any atom is 0.223 e. The second-order valence-electron chi connectivity index (χ2n) is 8.15. The lowest BCUT2D eigenvalue weighted by Gasteiger charge is -2.39. The molecule has 1 N–H and O–H groups in total. The summed E-state index contributed by atoms with van der Waals surface area (Å²) < 4.78 is 0. The number of carbonyl (C=O) groups is 1. The van der Waals surface area contributed by atoms with E-state index in [-0.39, 0.29) is 11.8 Å². The first kappa shape index (κ1) is 18.4.